The molecule has 0 aromatic carbocycles. The fourth-order valence-corrected chi connectivity index (χ4v) is 3.65. The van der Waals surface area contributed by atoms with Gasteiger partial charge in [-0.05, 0) is 50.2 Å². The molecule has 0 amide bonds. The van der Waals surface area contributed by atoms with Crippen molar-refractivity contribution in [1.29, 1.82) is 0 Å². The summed E-state index contributed by atoms with van der Waals surface area (Å²) in [5.74, 6) is 2.75. The highest BCUT2D eigenvalue weighted by Gasteiger charge is 2.22. The number of hydrogen-bond acceptors (Lipinski definition) is 5. The van der Waals surface area contributed by atoms with E-state index < -0.39 is 0 Å². The van der Waals surface area contributed by atoms with Gasteiger partial charge in [-0.2, -0.15) is 0 Å². The first kappa shape index (κ1) is 24.5. The maximum atomic E-state index is 5.43. The van der Waals surface area contributed by atoms with Crippen molar-refractivity contribution in [1.82, 2.24) is 20.5 Å². The summed E-state index contributed by atoms with van der Waals surface area (Å²) in [6.45, 7) is 6.75. The van der Waals surface area contributed by atoms with Crippen LogP contribution in [0.4, 0.5) is 5.82 Å². The van der Waals surface area contributed by atoms with Crippen LogP contribution >= 0.6 is 24.0 Å². The van der Waals surface area contributed by atoms with Crippen LogP contribution in [0.3, 0.4) is 0 Å². The molecule has 166 valence electrons. The predicted molar refractivity (Wildman–Crippen MR) is 134 cm³/mol. The smallest absolute Gasteiger partial charge is 0.191 e. The van der Waals surface area contributed by atoms with E-state index in [0.717, 1.165) is 49.3 Å². The molecular formula is C22H35IN6O. The lowest BCUT2D eigenvalue weighted by atomic mass is 10.2. The van der Waals surface area contributed by atoms with Gasteiger partial charge in [0.15, 0.2) is 5.96 Å². The molecule has 1 saturated heterocycles. The lowest BCUT2D eigenvalue weighted by Gasteiger charge is -2.24. The van der Waals surface area contributed by atoms with E-state index in [2.05, 4.69) is 27.4 Å². The molecule has 1 aliphatic heterocycles. The van der Waals surface area contributed by atoms with Crippen LogP contribution in [-0.2, 0) is 13.0 Å². The van der Waals surface area contributed by atoms with E-state index in [1.165, 1.54) is 19.4 Å². The van der Waals surface area contributed by atoms with E-state index >= 15 is 0 Å². The van der Waals surface area contributed by atoms with Crippen molar-refractivity contribution >= 4 is 35.8 Å². The van der Waals surface area contributed by atoms with Crippen molar-refractivity contribution in [3.8, 4) is 0 Å². The van der Waals surface area contributed by atoms with Gasteiger partial charge in [0, 0.05) is 39.6 Å². The number of nitrogens with zero attached hydrogens (tertiary/aromatic N) is 4. The third-order valence-corrected chi connectivity index (χ3v) is 5.30. The molecule has 2 N–H and O–H groups in total. The average molecular weight is 526 g/mol. The number of nitrogens with one attached hydrogen (secondary N) is 2. The SMILES string of the molecule is CCN1CCCC1CNC(=NCc1cccc(N(C)C)n1)NCCc1ccco1.I. The number of guanidine groups is 1. The summed E-state index contributed by atoms with van der Waals surface area (Å²) in [4.78, 5) is 14.0. The molecule has 1 unspecified atom stereocenters. The zero-order valence-electron chi connectivity index (χ0n) is 18.3. The summed E-state index contributed by atoms with van der Waals surface area (Å²) in [5.41, 5.74) is 0.958. The normalized spacial score (nSPS) is 16.9. The van der Waals surface area contributed by atoms with Gasteiger partial charge >= 0.3 is 0 Å². The maximum absolute atomic E-state index is 5.43. The molecule has 30 heavy (non-hydrogen) atoms. The summed E-state index contributed by atoms with van der Waals surface area (Å²) in [5, 5.41) is 6.99. The molecule has 2 aromatic heterocycles. The fourth-order valence-electron chi connectivity index (χ4n) is 3.65. The number of likely N-dealkylation sites (tertiary alicyclic amines) is 1. The summed E-state index contributed by atoms with van der Waals surface area (Å²) in [7, 11) is 4.00. The summed E-state index contributed by atoms with van der Waals surface area (Å²) >= 11 is 0. The van der Waals surface area contributed by atoms with Gasteiger partial charge < -0.3 is 20.0 Å². The molecule has 0 aliphatic carbocycles. The largest absolute Gasteiger partial charge is 0.469 e. The number of pyridine rings is 1. The van der Waals surface area contributed by atoms with Gasteiger partial charge in [0.25, 0.3) is 0 Å². The Bertz CT molecular complexity index is 765. The van der Waals surface area contributed by atoms with Crippen molar-refractivity contribution in [2.24, 2.45) is 4.99 Å². The lowest BCUT2D eigenvalue weighted by Crippen LogP contribution is -2.45. The fraction of sp³-hybridized carbons (Fsp3) is 0.545. The average Bonchev–Trinajstić information content (AvgIpc) is 3.41. The topological polar surface area (TPSA) is 68.9 Å². The van der Waals surface area contributed by atoms with E-state index in [-0.39, 0.29) is 24.0 Å². The van der Waals surface area contributed by atoms with Crippen molar-refractivity contribution in [2.45, 2.75) is 38.8 Å². The monoisotopic (exact) mass is 526 g/mol. The van der Waals surface area contributed by atoms with Gasteiger partial charge in [-0.1, -0.05) is 13.0 Å². The Morgan fingerprint density at radius 3 is 2.87 bits per heavy atom. The second kappa shape index (κ2) is 12.8. The third kappa shape index (κ3) is 7.46. The Balaban J connectivity index is 0.00000320. The molecule has 1 atom stereocenters. The standard InChI is InChI=1S/C22H34N6O.HI/c1-4-28-14-6-9-19(28)17-25-22(23-13-12-20-10-7-15-29-20)24-16-18-8-5-11-21(26-18)27(2)3;/h5,7-8,10-11,15,19H,4,6,9,12-14,16-17H2,1-3H3,(H2,23,24,25);1H. The Morgan fingerprint density at radius 2 is 2.13 bits per heavy atom. The molecule has 3 rings (SSSR count). The van der Waals surface area contributed by atoms with E-state index in [0.29, 0.717) is 12.6 Å². The van der Waals surface area contributed by atoms with Crippen molar-refractivity contribution < 1.29 is 4.42 Å². The molecule has 7 nitrogen and oxygen atoms in total. The second-order valence-corrected chi connectivity index (χ2v) is 7.61. The zero-order valence-corrected chi connectivity index (χ0v) is 20.6. The van der Waals surface area contributed by atoms with Gasteiger partial charge in [0.05, 0.1) is 18.5 Å². The minimum atomic E-state index is 0. The predicted octanol–water partition coefficient (Wildman–Crippen LogP) is 3.12. The number of furan rings is 1. The minimum absolute atomic E-state index is 0. The summed E-state index contributed by atoms with van der Waals surface area (Å²) in [6, 6.07) is 10.6. The number of halogens is 1. The van der Waals surface area contributed by atoms with Crippen molar-refractivity contribution in [2.75, 3.05) is 45.2 Å². The zero-order chi connectivity index (χ0) is 20.5. The number of rotatable bonds is 9. The third-order valence-electron chi connectivity index (χ3n) is 5.30. The van der Waals surface area contributed by atoms with Crippen LogP contribution in [0.5, 0.6) is 0 Å². The quantitative estimate of drug-likeness (QED) is 0.298. The van der Waals surface area contributed by atoms with Crippen LogP contribution in [0.15, 0.2) is 46.0 Å². The first-order chi connectivity index (χ1) is 14.2. The molecule has 3 heterocycles. The van der Waals surface area contributed by atoms with Gasteiger partial charge in [-0.25, -0.2) is 9.98 Å². The Hall–Kier alpha value is -1.81. The highest BCUT2D eigenvalue weighted by Crippen LogP contribution is 2.15. The van der Waals surface area contributed by atoms with Crippen LogP contribution < -0.4 is 15.5 Å². The van der Waals surface area contributed by atoms with E-state index in [1.807, 2.05) is 49.3 Å². The van der Waals surface area contributed by atoms with Crippen LogP contribution in [0.25, 0.3) is 0 Å². The van der Waals surface area contributed by atoms with Crippen LogP contribution in [0.2, 0.25) is 0 Å². The van der Waals surface area contributed by atoms with Gasteiger partial charge in [0.2, 0.25) is 0 Å². The first-order valence-corrected chi connectivity index (χ1v) is 10.6. The molecular weight excluding hydrogens is 491 g/mol. The molecule has 0 spiro atoms. The molecule has 0 saturated carbocycles. The van der Waals surface area contributed by atoms with Crippen molar-refractivity contribution in [3.05, 3.63) is 48.0 Å². The van der Waals surface area contributed by atoms with Gasteiger partial charge in [-0.15, -0.1) is 24.0 Å². The number of anilines is 1. The van der Waals surface area contributed by atoms with E-state index in [4.69, 9.17) is 9.41 Å². The maximum Gasteiger partial charge on any atom is 0.191 e. The first-order valence-electron chi connectivity index (χ1n) is 10.6. The molecule has 0 radical (unpaired) electrons. The van der Waals surface area contributed by atoms with Gasteiger partial charge in [-0.3, -0.25) is 4.90 Å². The Morgan fingerprint density at radius 1 is 1.27 bits per heavy atom. The molecule has 8 heteroatoms. The number of aromatic nitrogens is 1. The number of likely N-dealkylation sites (N-methyl/N-ethyl adjacent to an activating group) is 1. The number of aliphatic imine (C=N–C) groups is 1. The highest BCUT2D eigenvalue weighted by atomic mass is 127. The van der Waals surface area contributed by atoms with Crippen molar-refractivity contribution in [3.63, 3.8) is 0 Å². The minimum Gasteiger partial charge on any atom is -0.469 e. The summed E-state index contributed by atoms with van der Waals surface area (Å²) < 4.78 is 5.43. The lowest BCUT2D eigenvalue weighted by molar-refractivity contribution is 0.267. The van der Waals surface area contributed by atoms with Crippen LogP contribution in [-0.4, -0.2) is 62.2 Å². The number of hydrogen-bond donors (Lipinski definition) is 2. The molecule has 1 aliphatic rings. The molecule has 0 bridgehead atoms. The van der Waals surface area contributed by atoms with E-state index in [1.54, 1.807) is 6.26 Å². The summed E-state index contributed by atoms with van der Waals surface area (Å²) in [6.07, 6.45) is 5.06. The Kier molecular flexibility index (Phi) is 10.4. The van der Waals surface area contributed by atoms with Crippen LogP contribution in [0.1, 0.15) is 31.2 Å². The Labute approximate surface area is 197 Å². The van der Waals surface area contributed by atoms with E-state index in [9.17, 15) is 0 Å². The second-order valence-electron chi connectivity index (χ2n) is 7.61. The molecule has 2 aromatic rings. The van der Waals surface area contributed by atoms with Crippen LogP contribution in [0, 0.1) is 0 Å². The highest BCUT2D eigenvalue weighted by molar-refractivity contribution is 14.0. The molecule has 1 fully saturated rings. The van der Waals surface area contributed by atoms with Gasteiger partial charge in [0.1, 0.15) is 11.6 Å².